The van der Waals surface area contributed by atoms with E-state index in [9.17, 15) is 18.3 Å². The van der Waals surface area contributed by atoms with Gasteiger partial charge in [-0.2, -0.15) is 18.4 Å². The maximum absolute atomic E-state index is 13.6. The van der Waals surface area contributed by atoms with Crippen LogP contribution in [0.15, 0.2) is 36.0 Å². The summed E-state index contributed by atoms with van der Waals surface area (Å²) in [7, 11) is 0. The Labute approximate surface area is 166 Å². The molecule has 2 heterocycles. The molecule has 0 spiro atoms. The normalized spacial score (nSPS) is 16.6. The molecule has 2 N–H and O–H groups in total. The lowest BCUT2D eigenvalue weighted by Crippen LogP contribution is -2.31. The molecule has 1 saturated heterocycles. The second kappa shape index (κ2) is 8.49. The number of benzene rings is 1. The van der Waals surface area contributed by atoms with E-state index in [1.165, 1.54) is 12.1 Å². The summed E-state index contributed by atoms with van der Waals surface area (Å²) in [5.41, 5.74) is -0.437. The van der Waals surface area contributed by atoms with Crippen LogP contribution >= 0.6 is 0 Å². The fourth-order valence-electron chi connectivity index (χ4n) is 3.22. The highest BCUT2D eigenvalue weighted by molar-refractivity contribution is 5.72. The number of anilines is 1. The molecule has 29 heavy (non-hydrogen) atoms. The molecule has 1 aromatic heterocycles. The predicted octanol–water partition coefficient (Wildman–Crippen LogP) is 4.15. The number of rotatable bonds is 4. The number of nitriles is 1. The zero-order valence-electron chi connectivity index (χ0n) is 15.8. The molecule has 152 valence electrons. The summed E-state index contributed by atoms with van der Waals surface area (Å²) in [6.07, 6.45) is -1.14. The van der Waals surface area contributed by atoms with Crippen LogP contribution in [-0.2, 0) is 6.18 Å². The topological polar surface area (TPSA) is 85.1 Å². The standard InChI is InChI=1S/C20H20F3N5O/c1-2-28-7-3-4-14(12-28)11-25-18-9-16(20(21,22)23)19(27-26-18)15-6-5-13(10-24)8-17(15)29/h5-6,8-9,11,29H,2-4,7,12H2,1H3,(H,25,26)/b14-11-. The van der Waals surface area contributed by atoms with Crippen LogP contribution in [0.25, 0.3) is 11.3 Å². The monoisotopic (exact) mass is 403 g/mol. The smallest absolute Gasteiger partial charge is 0.418 e. The number of hydrogen-bond donors (Lipinski definition) is 2. The molecular formula is C20H20F3N5O. The van der Waals surface area contributed by atoms with Crippen molar-refractivity contribution in [2.45, 2.75) is 25.9 Å². The van der Waals surface area contributed by atoms with Crippen LogP contribution in [0, 0.1) is 11.3 Å². The number of likely N-dealkylation sites (tertiary alicyclic amines) is 1. The quantitative estimate of drug-likeness (QED) is 0.798. The molecule has 9 heteroatoms. The first-order valence-corrected chi connectivity index (χ1v) is 9.17. The molecule has 0 saturated carbocycles. The first-order valence-electron chi connectivity index (χ1n) is 9.17. The van der Waals surface area contributed by atoms with Gasteiger partial charge in [0.1, 0.15) is 11.4 Å². The predicted molar refractivity (Wildman–Crippen MR) is 102 cm³/mol. The molecule has 1 aromatic carbocycles. The lowest BCUT2D eigenvalue weighted by Gasteiger charge is -2.27. The molecule has 2 aromatic rings. The summed E-state index contributed by atoms with van der Waals surface area (Å²) >= 11 is 0. The minimum atomic E-state index is -4.70. The minimum Gasteiger partial charge on any atom is -0.507 e. The maximum atomic E-state index is 13.6. The number of aromatic hydroxyl groups is 1. The average molecular weight is 403 g/mol. The van der Waals surface area contributed by atoms with Crippen LogP contribution in [0.3, 0.4) is 0 Å². The van der Waals surface area contributed by atoms with Crippen molar-refractivity contribution in [3.8, 4) is 23.1 Å². The van der Waals surface area contributed by atoms with Gasteiger partial charge in [0.15, 0.2) is 5.82 Å². The Kier molecular flexibility index (Phi) is 6.03. The van der Waals surface area contributed by atoms with E-state index in [0.717, 1.165) is 50.2 Å². The second-order valence-electron chi connectivity index (χ2n) is 6.75. The van der Waals surface area contributed by atoms with Gasteiger partial charge in [0, 0.05) is 18.3 Å². The van der Waals surface area contributed by atoms with Gasteiger partial charge in [0.2, 0.25) is 0 Å². The number of phenols is 1. The number of aromatic nitrogens is 2. The molecule has 0 amide bonds. The van der Waals surface area contributed by atoms with E-state index in [2.05, 4.69) is 27.3 Å². The SMILES string of the molecule is CCN1CCC/C(=C/Nc2cc(C(F)(F)F)c(-c3ccc(C#N)cc3O)nn2)C1. The van der Waals surface area contributed by atoms with Gasteiger partial charge in [0.25, 0.3) is 0 Å². The van der Waals surface area contributed by atoms with Crippen molar-refractivity contribution in [2.24, 2.45) is 0 Å². The third-order valence-corrected chi connectivity index (χ3v) is 4.75. The third kappa shape index (κ3) is 4.84. The van der Waals surface area contributed by atoms with Gasteiger partial charge in [-0.15, -0.1) is 10.2 Å². The van der Waals surface area contributed by atoms with Gasteiger partial charge in [-0.1, -0.05) is 6.92 Å². The number of alkyl halides is 3. The van der Waals surface area contributed by atoms with E-state index < -0.39 is 23.2 Å². The second-order valence-corrected chi connectivity index (χ2v) is 6.75. The molecule has 0 aliphatic carbocycles. The van der Waals surface area contributed by atoms with Gasteiger partial charge in [-0.3, -0.25) is 4.90 Å². The molecule has 1 fully saturated rings. The molecular weight excluding hydrogens is 383 g/mol. The molecule has 0 bridgehead atoms. The van der Waals surface area contributed by atoms with Crippen LogP contribution in [0.5, 0.6) is 5.75 Å². The molecule has 0 atom stereocenters. The Morgan fingerprint density at radius 3 is 2.76 bits per heavy atom. The van der Waals surface area contributed by atoms with Gasteiger partial charge < -0.3 is 10.4 Å². The van der Waals surface area contributed by atoms with Crippen molar-refractivity contribution in [3.05, 3.63) is 47.2 Å². The molecule has 0 radical (unpaired) electrons. The lowest BCUT2D eigenvalue weighted by atomic mass is 10.0. The molecule has 0 unspecified atom stereocenters. The van der Waals surface area contributed by atoms with Crippen molar-refractivity contribution < 1.29 is 18.3 Å². The Balaban J connectivity index is 1.92. The largest absolute Gasteiger partial charge is 0.507 e. The van der Waals surface area contributed by atoms with Crippen LogP contribution < -0.4 is 5.32 Å². The summed E-state index contributed by atoms with van der Waals surface area (Å²) in [5, 5.41) is 29.3. The van der Waals surface area contributed by atoms with E-state index in [0.29, 0.717) is 0 Å². The van der Waals surface area contributed by atoms with Crippen LogP contribution in [-0.4, -0.2) is 39.8 Å². The molecule has 1 aliphatic heterocycles. The van der Waals surface area contributed by atoms with E-state index in [4.69, 9.17) is 5.26 Å². The summed E-state index contributed by atoms with van der Waals surface area (Å²) in [6.45, 7) is 4.75. The number of nitrogens with one attached hydrogen (secondary N) is 1. The number of hydrogen-bond acceptors (Lipinski definition) is 6. The summed E-state index contributed by atoms with van der Waals surface area (Å²) in [5.74, 6) is -0.496. The van der Waals surface area contributed by atoms with Gasteiger partial charge in [-0.05, 0) is 55.8 Å². The number of phenolic OH excluding ortho intramolecular Hbond substituents is 1. The minimum absolute atomic E-state index is 0.0321. The van der Waals surface area contributed by atoms with Crippen LogP contribution in [0.1, 0.15) is 30.9 Å². The van der Waals surface area contributed by atoms with Crippen molar-refractivity contribution in [3.63, 3.8) is 0 Å². The zero-order valence-corrected chi connectivity index (χ0v) is 15.8. The van der Waals surface area contributed by atoms with E-state index >= 15 is 0 Å². The van der Waals surface area contributed by atoms with Gasteiger partial charge in [-0.25, -0.2) is 0 Å². The maximum Gasteiger partial charge on any atom is 0.418 e. The van der Waals surface area contributed by atoms with Crippen LogP contribution in [0.4, 0.5) is 19.0 Å². The summed E-state index contributed by atoms with van der Waals surface area (Å²) in [6, 6.07) is 6.32. The average Bonchev–Trinajstić information content (AvgIpc) is 2.71. The van der Waals surface area contributed by atoms with E-state index in [1.54, 1.807) is 6.20 Å². The lowest BCUT2D eigenvalue weighted by molar-refractivity contribution is -0.137. The fraction of sp³-hybridized carbons (Fsp3) is 0.350. The fourth-order valence-corrected chi connectivity index (χ4v) is 3.22. The first kappa shape index (κ1) is 20.6. The van der Waals surface area contributed by atoms with Gasteiger partial charge >= 0.3 is 6.18 Å². The molecule has 6 nitrogen and oxygen atoms in total. The van der Waals surface area contributed by atoms with Crippen molar-refractivity contribution >= 4 is 5.82 Å². The number of likely N-dealkylation sites (N-methyl/N-ethyl adjacent to an activating group) is 1. The number of piperidine rings is 1. The zero-order chi connectivity index (χ0) is 21.0. The summed E-state index contributed by atoms with van der Waals surface area (Å²) < 4.78 is 40.9. The highest BCUT2D eigenvalue weighted by atomic mass is 19.4. The third-order valence-electron chi connectivity index (χ3n) is 4.75. The molecule has 3 rings (SSSR count). The van der Waals surface area contributed by atoms with Gasteiger partial charge in [0.05, 0.1) is 17.2 Å². The van der Waals surface area contributed by atoms with E-state index in [1.807, 2.05) is 6.07 Å². The Morgan fingerprint density at radius 1 is 1.31 bits per heavy atom. The van der Waals surface area contributed by atoms with Crippen molar-refractivity contribution in [2.75, 3.05) is 25.0 Å². The highest BCUT2D eigenvalue weighted by Gasteiger charge is 2.36. The Bertz CT molecular complexity index is 966. The number of nitrogens with zero attached hydrogens (tertiary/aromatic N) is 4. The van der Waals surface area contributed by atoms with Crippen molar-refractivity contribution in [1.29, 1.82) is 5.26 Å². The highest BCUT2D eigenvalue weighted by Crippen LogP contribution is 2.39. The Hall–Kier alpha value is -3.12. The van der Waals surface area contributed by atoms with E-state index in [-0.39, 0.29) is 16.9 Å². The van der Waals surface area contributed by atoms with Crippen LogP contribution in [0.2, 0.25) is 0 Å². The Morgan fingerprint density at radius 2 is 2.10 bits per heavy atom. The number of halogens is 3. The first-order chi connectivity index (χ1) is 13.8. The molecule has 1 aliphatic rings. The van der Waals surface area contributed by atoms with Crippen molar-refractivity contribution in [1.82, 2.24) is 15.1 Å². The summed E-state index contributed by atoms with van der Waals surface area (Å²) in [4.78, 5) is 2.25.